The molecule has 1 fully saturated rings. The summed E-state index contributed by atoms with van der Waals surface area (Å²) < 4.78 is 104. The van der Waals surface area contributed by atoms with Crippen LogP contribution in [-0.2, 0) is 32.6 Å². The highest BCUT2D eigenvalue weighted by atomic mass is 32.2. The SMILES string of the molecule is N#Cc1ccc(NC(=O)C(O)(CS(=O)(=O)C2CC2)c2cccc(C(F)(F)F)c2)cc1C(F)(F)F. The van der Waals surface area contributed by atoms with E-state index in [4.69, 9.17) is 5.26 Å². The Morgan fingerprint density at radius 1 is 1.03 bits per heavy atom. The first kappa shape index (κ1) is 25.5. The first-order chi connectivity index (χ1) is 15.6. The summed E-state index contributed by atoms with van der Waals surface area (Å²) >= 11 is 0. The zero-order valence-corrected chi connectivity index (χ0v) is 17.9. The quantitative estimate of drug-likeness (QED) is 0.576. The maximum absolute atomic E-state index is 13.2. The van der Waals surface area contributed by atoms with Crippen molar-refractivity contribution in [1.82, 2.24) is 0 Å². The molecule has 3 rings (SSSR count). The number of halogens is 6. The number of anilines is 1. The van der Waals surface area contributed by atoms with Gasteiger partial charge in [0.15, 0.2) is 15.4 Å². The molecule has 34 heavy (non-hydrogen) atoms. The standard InChI is InChI=1S/C21H16F6N2O4S/c22-20(23,24)14-3-1-2-13(8-14)19(31,11-34(32,33)16-6-7-16)18(30)29-15-5-4-12(10-28)17(9-15)21(25,26)27/h1-5,8-9,16,31H,6-7,11H2,(H,29,30). The average Bonchev–Trinajstić information content (AvgIpc) is 3.58. The third-order valence-corrected chi connectivity index (χ3v) is 7.50. The monoisotopic (exact) mass is 506 g/mol. The van der Waals surface area contributed by atoms with Gasteiger partial charge in [0, 0.05) is 5.69 Å². The number of nitrogens with zero attached hydrogens (tertiary/aromatic N) is 1. The van der Waals surface area contributed by atoms with E-state index in [0.29, 0.717) is 18.2 Å². The second kappa shape index (κ2) is 8.59. The van der Waals surface area contributed by atoms with Crippen molar-refractivity contribution in [2.75, 3.05) is 11.1 Å². The smallest absolute Gasteiger partial charge is 0.374 e. The molecule has 13 heteroatoms. The molecule has 1 aliphatic rings. The molecular formula is C21H16F6N2O4S. The van der Waals surface area contributed by atoms with Crippen LogP contribution in [0.25, 0.3) is 0 Å². The number of nitriles is 1. The summed E-state index contributed by atoms with van der Waals surface area (Å²) in [6.45, 7) is 0. The summed E-state index contributed by atoms with van der Waals surface area (Å²) in [5.41, 5.74) is -7.72. The van der Waals surface area contributed by atoms with Crippen molar-refractivity contribution in [3.8, 4) is 6.07 Å². The van der Waals surface area contributed by atoms with E-state index in [1.165, 1.54) is 6.07 Å². The van der Waals surface area contributed by atoms with Crippen LogP contribution in [0.3, 0.4) is 0 Å². The highest BCUT2D eigenvalue weighted by Crippen LogP contribution is 2.38. The third kappa shape index (κ3) is 5.34. The van der Waals surface area contributed by atoms with E-state index in [0.717, 1.165) is 24.3 Å². The fraction of sp³-hybridized carbons (Fsp3) is 0.333. The van der Waals surface area contributed by atoms with Crippen LogP contribution in [-0.4, -0.2) is 30.4 Å². The minimum Gasteiger partial charge on any atom is -0.374 e. The average molecular weight is 506 g/mol. The minimum atomic E-state index is -4.97. The van der Waals surface area contributed by atoms with Gasteiger partial charge in [-0.25, -0.2) is 8.42 Å². The number of carbonyl (C=O) groups is 1. The molecule has 1 saturated carbocycles. The van der Waals surface area contributed by atoms with Crippen molar-refractivity contribution < 1.29 is 44.7 Å². The van der Waals surface area contributed by atoms with Gasteiger partial charge in [0.05, 0.1) is 33.8 Å². The van der Waals surface area contributed by atoms with Crippen LogP contribution in [0.1, 0.15) is 35.1 Å². The Hall–Kier alpha value is -3.11. The Bertz CT molecular complexity index is 1260. The van der Waals surface area contributed by atoms with Gasteiger partial charge in [-0.15, -0.1) is 0 Å². The molecule has 0 aromatic heterocycles. The Morgan fingerprint density at radius 2 is 1.65 bits per heavy atom. The van der Waals surface area contributed by atoms with Gasteiger partial charge in [0.2, 0.25) is 0 Å². The zero-order chi connectivity index (χ0) is 25.5. The number of rotatable bonds is 6. The third-order valence-electron chi connectivity index (χ3n) is 5.19. The first-order valence-corrected chi connectivity index (χ1v) is 11.3. The van der Waals surface area contributed by atoms with E-state index < -0.39 is 72.6 Å². The highest BCUT2D eigenvalue weighted by molar-refractivity contribution is 7.92. The molecule has 0 spiro atoms. The molecule has 1 aliphatic carbocycles. The zero-order valence-electron chi connectivity index (χ0n) is 17.0. The van der Waals surface area contributed by atoms with Gasteiger partial charge in [-0.3, -0.25) is 4.79 Å². The Kier molecular flexibility index (Phi) is 6.45. The molecule has 0 aliphatic heterocycles. The van der Waals surface area contributed by atoms with Gasteiger partial charge in [-0.2, -0.15) is 31.6 Å². The topological polar surface area (TPSA) is 107 Å². The molecule has 1 amide bonds. The number of hydrogen-bond donors (Lipinski definition) is 2. The number of sulfone groups is 1. The normalized spacial score (nSPS) is 16.4. The Labute approximate surface area is 189 Å². The number of hydrogen-bond acceptors (Lipinski definition) is 5. The summed E-state index contributed by atoms with van der Waals surface area (Å²) in [4.78, 5) is 13.0. The van der Waals surface area contributed by atoms with Gasteiger partial charge in [-0.05, 0) is 48.7 Å². The molecule has 0 heterocycles. The highest BCUT2D eigenvalue weighted by Gasteiger charge is 2.48. The van der Waals surface area contributed by atoms with E-state index in [2.05, 4.69) is 0 Å². The fourth-order valence-corrected chi connectivity index (χ4v) is 5.23. The van der Waals surface area contributed by atoms with Crippen molar-refractivity contribution in [1.29, 1.82) is 5.26 Å². The second-order valence-corrected chi connectivity index (χ2v) is 10.1. The van der Waals surface area contributed by atoms with E-state index in [1.807, 2.05) is 5.32 Å². The second-order valence-electron chi connectivity index (χ2n) is 7.77. The predicted molar refractivity (Wildman–Crippen MR) is 107 cm³/mol. The molecule has 2 N–H and O–H groups in total. The summed E-state index contributed by atoms with van der Waals surface area (Å²) in [5.74, 6) is -2.82. The van der Waals surface area contributed by atoms with Crippen LogP contribution in [0.5, 0.6) is 0 Å². The van der Waals surface area contributed by atoms with Gasteiger partial charge < -0.3 is 10.4 Å². The first-order valence-electron chi connectivity index (χ1n) is 9.62. The van der Waals surface area contributed by atoms with Crippen molar-refractivity contribution in [3.63, 3.8) is 0 Å². The number of amides is 1. The van der Waals surface area contributed by atoms with Gasteiger partial charge in [0.1, 0.15) is 0 Å². The van der Waals surface area contributed by atoms with Crippen LogP contribution in [0, 0.1) is 11.3 Å². The Morgan fingerprint density at radius 3 is 2.18 bits per heavy atom. The maximum Gasteiger partial charge on any atom is 0.417 e. The number of alkyl halides is 6. The van der Waals surface area contributed by atoms with E-state index >= 15 is 0 Å². The molecule has 1 unspecified atom stereocenters. The van der Waals surface area contributed by atoms with Crippen LogP contribution in [0.15, 0.2) is 42.5 Å². The number of aliphatic hydroxyl groups is 1. The lowest BCUT2D eigenvalue weighted by molar-refractivity contribution is -0.138. The van der Waals surface area contributed by atoms with E-state index in [-0.39, 0.29) is 12.8 Å². The summed E-state index contributed by atoms with van der Waals surface area (Å²) in [6.07, 6.45) is -9.36. The van der Waals surface area contributed by atoms with Crippen LogP contribution < -0.4 is 5.32 Å². The van der Waals surface area contributed by atoms with Crippen LogP contribution >= 0.6 is 0 Å². The van der Waals surface area contributed by atoms with Crippen molar-refractivity contribution in [3.05, 3.63) is 64.7 Å². The molecular weight excluding hydrogens is 490 g/mol. The van der Waals surface area contributed by atoms with Gasteiger partial charge in [-0.1, -0.05) is 12.1 Å². The number of nitrogens with one attached hydrogen (secondary N) is 1. The van der Waals surface area contributed by atoms with Crippen molar-refractivity contribution in [2.24, 2.45) is 0 Å². The number of benzene rings is 2. The van der Waals surface area contributed by atoms with Crippen LogP contribution in [0.4, 0.5) is 32.0 Å². The molecule has 182 valence electrons. The van der Waals surface area contributed by atoms with Gasteiger partial charge in [0.25, 0.3) is 5.91 Å². The van der Waals surface area contributed by atoms with E-state index in [1.54, 1.807) is 0 Å². The molecule has 6 nitrogen and oxygen atoms in total. The molecule has 2 aromatic rings. The lowest BCUT2D eigenvalue weighted by Crippen LogP contribution is -2.46. The van der Waals surface area contributed by atoms with Crippen molar-refractivity contribution in [2.45, 2.75) is 36.0 Å². The molecule has 1 atom stereocenters. The fourth-order valence-electron chi connectivity index (χ4n) is 3.26. The lowest BCUT2D eigenvalue weighted by Gasteiger charge is -2.28. The van der Waals surface area contributed by atoms with E-state index in [9.17, 15) is 44.7 Å². The molecule has 2 aromatic carbocycles. The lowest BCUT2D eigenvalue weighted by atomic mass is 9.93. The van der Waals surface area contributed by atoms with Gasteiger partial charge >= 0.3 is 12.4 Å². The molecule has 0 bridgehead atoms. The van der Waals surface area contributed by atoms with Crippen LogP contribution in [0.2, 0.25) is 0 Å². The predicted octanol–water partition coefficient (Wildman–Crippen LogP) is 4.00. The molecule has 0 radical (unpaired) electrons. The molecule has 0 saturated heterocycles. The summed E-state index contributed by atoms with van der Waals surface area (Å²) in [7, 11) is -4.14. The van der Waals surface area contributed by atoms with Crippen molar-refractivity contribution >= 4 is 21.4 Å². The summed E-state index contributed by atoms with van der Waals surface area (Å²) in [6, 6.07) is 6.24. The maximum atomic E-state index is 13.2. The number of carbonyl (C=O) groups excluding carboxylic acids is 1. The minimum absolute atomic E-state index is 0.243. The largest absolute Gasteiger partial charge is 0.417 e. The Balaban J connectivity index is 2.06. The summed E-state index contributed by atoms with van der Waals surface area (Å²) in [5, 5.41) is 21.0.